The molecular weight excluding hydrogens is 1920 g/mol. The molecule has 10 aromatic heterocycles. The van der Waals surface area contributed by atoms with Crippen molar-refractivity contribution in [3.05, 3.63) is 102 Å². The first-order valence-corrected chi connectivity index (χ1v) is 55.6. The van der Waals surface area contributed by atoms with E-state index in [-0.39, 0.29) is 0 Å². The van der Waals surface area contributed by atoms with Gasteiger partial charge in [0, 0.05) is 56.4 Å². The van der Waals surface area contributed by atoms with Gasteiger partial charge in [-0.2, -0.15) is 0 Å². The fraction of sp³-hybridized carbons (Fsp3) is 0.625. The molecule has 0 saturated heterocycles. The molecule has 10 aromatic rings. The topological polar surface area (TPSA) is 0 Å². The fourth-order valence-corrected chi connectivity index (χ4v) is 29.7. The zero-order valence-corrected chi connectivity index (χ0v) is 81.6. The second-order valence-electron chi connectivity index (χ2n) is 26.5. The third-order valence-corrected chi connectivity index (χ3v) is 36.0. The summed E-state index contributed by atoms with van der Waals surface area (Å²) in [5.74, 6) is 0. The van der Waals surface area contributed by atoms with E-state index < -0.39 is 11.2 Å². The summed E-state index contributed by atoms with van der Waals surface area (Å²) < 4.78 is 14.3. The van der Waals surface area contributed by atoms with Crippen molar-refractivity contribution in [2.45, 2.75) is 324 Å². The maximum Gasteiger partial charge on any atom is 0.0864 e. The molecule has 20 heteroatoms. The summed E-state index contributed by atoms with van der Waals surface area (Å²) in [5, 5.41) is 20.7. The predicted octanol–water partition coefficient (Wildman–Crippen LogP) is 39.9. The largest absolute Gasteiger partial charge is 0.133 e. The third-order valence-electron chi connectivity index (χ3n) is 18.4. The molecule has 0 fully saturated rings. The van der Waals surface area contributed by atoms with Crippen LogP contribution in [0.5, 0.6) is 0 Å². The van der Waals surface area contributed by atoms with E-state index in [9.17, 15) is 0 Å². The van der Waals surface area contributed by atoms with Gasteiger partial charge in [0.1, 0.15) is 0 Å². The minimum atomic E-state index is -1.33. The number of fused-ring (bicyclic) bond motifs is 5. The Kier molecular flexibility index (Phi) is 53.6. The summed E-state index contributed by atoms with van der Waals surface area (Å²) >= 11 is 38.5. The zero-order valence-electron chi connectivity index (χ0n) is 60.6. The van der Waals surface area contributed by atoms with Crippen molar-refractivity contribution < 1.29 is 11.2 Å². The van der Waals surface area contributed by atoms with Gasteiger partial charge in [0.05, 0.1) is 36.6 Å². The Morgan fingerprint density at radius 3 is 0.880 bits per heavy atom. The molecule has 0 saturated carbocycles. The van der Waals surface area contributed by atoms with Gasteiger partial charge >= 0.3 is 41.5 Å². The van der Waals surface area contributed by atoms with E-state index in [1.807, 2.05) is 45.3 Å². The summed E-state index contributed by atoms with van der Waals surface area (Å²) in [5.41, 5.74) is 6.75. The van der Waals surface area contributed by atoms with Gasteiger partial charge in [0.2, 0.25) is 0 Å². The van der Waals surface area contributed by atoms with E-state index in [0.717, 1.165) is 16.5 Å². The molecular formula is C80H114Br6Cl3FeS10. The van der Waals surface area contributed by atoms with Crippen LogP contribution in [0.25, 0.3) is 47.0 Å². The number of halogens is 9. The van der Waals surface area contributed by atoms with E-state index in [0.29, 0.717) is 0 Å². The minimum Gasteiger partial charge on any atom is -0.133 e. The van der Waals surface area contributed by atoms with E-state index in [2.05, 4.69) is 204 Å². The Morgan fingerprint density at radius 2 is 0.580 bits per heavy atom. The quantitative estimate of drug-likeness (QED) is 0.0264. The summed E-state index contributed by atoms with van der Waals surface area (Å²) in [4.78, 5) is 3.20. The van der Waals surface area contributed by atoms with Gasteiger partial charge in [-0.25, -0.2) is 0 Å². The van der Waals surface area contributed by atoms with Gasteiger partial charge in [0.25, 0.3) is 0 Å². The summed E-state index contributed by atoms with van der Waals surface area (Å²) in [7, 11) is 14.7. The standard InChI is InChI=1S/C32H56S2.C30H52S2.C6Br4S2.C6H2Br2S2.C6H4S2.3ClH.Fe/c1-5-7-9-11-13-15-17-19-21-23-25-29-27(3)33-32-31(29)30(28(4)34-32)26-24-22-20-18-16-14-12-10-8-6-2;1-3-5-7-9-11-13-15-17-19-21-23-27-25-31-30-29(27)28(26-32-30)24-22-20-18-16-14-12-10-8-6-4-2;7-2-1-3(8)5(10)12-6(1)11-4(2)9;7-3-1-9-6-5(3)4(8)2-10-6;1-3-7-6-5(1)2-4-8-6;;;;/h5-26H2,1-4H3;25-26H,3-24H2,1-2H3;;1-2H;1-4H;3*1H;/q;;;;;;;;+3/p-3. The first-order valence-electron chi connectivity index (χ1n) is 37.7. The van der Waals surface area contributed by atoms with Gasteiger partial charge in [-0.1, -0.05) is 259 Å². The SMILES string of the molecule is Brc1csc2scc(Br)c12.Brc1sc2sc(Br)c(Br)c2c1Br.CCCCCCCCCCCCc1c(C)sc2sc(C)c(CCCCCCCCCCCC)c12.CCCCCCCCCCCCc1csc2scc(CCCCCCCCCCCC)c12.[Cl][Fe]([Cl])[Cl].c1cc2ccsc2s1. The average Bonchev–Trinajstić information content (AvgIpc) is 1.63. The Hall–Kier alpha value is 2.57. The van der Waals surface area contributed by atoms with Gasteiger partial charge < -0.3 is 0 Å². The molecule has 10 rings (SSSR count). The first-order chi connectivity index (χ1) is 48.6. The molecule has 0 aliphatic rings. The van der Waals surface area contributed by atoms with Gasteiger partial charge in [-0.15, -0.1) is 113 Å². The van der Waals surface area contributed by atoms with Crippen LogP contribution < -0.4 is 0 Å². The first kappa shape index (κ1) is 93.2. The molecule has 0 N–H and O–H groups in total. The number of aryl methyl sites for hydroxylation is 6. The second-order valence-corrected chi connectivity index (χ2v) is 49.0. The van der Waals surface area contributed by atoms with Gasteiger partial charge in [-0.3, -0.25) is 0 Å². The van der Waals surface area contributed by atoms with Crippen LogP contribution in [0.2, 0.25) is 0 Å². The van der Waals surface area contributed by atoms with Gasteiger partial charge in [-0.05, 0) is 217 Å². The number of rotatable bonds is 44. The molecule has 565 valence electrons. The van der Waals surface area contributed by atoms with Crippen molar-refractivity contribution in [1.82, 2.24) is 0 Å². The van der Waals surface area contributed by atoms with Crippen LogP contribution in [0.3, 0.4) is 0 Å². The van der Waals surface area contributed by atoms with Crippen molar-refractivity contribution >= 4 is 286 Å². The molecule has 0 aliphatic heterocycles. The van der Waals surface area contributed by atoms with Crippen LogP contribution in [0.1, 0.15) is 317 Å². The number of unbranched alkanes of at least 4 members (excludes halogenated alkanes) is 36. The van der Waals surface area contributed by atoms with E-state index >= 15 is 0 Å². The Labute approximate surface area is 713 Å². The fourth-order valence-electron chi connectivity index (χ4n) is 12.8. The molecule has 0 bridgehead atoms. The molecule has 0 aliphatic carbocycles. The van der Waals surface area contributed by atoms with Gasteiger partial charge in [0.15, 0.2) is 0 Å². The third kappa shape index (κ3) is 35.9. The molecule has 0 nitrogen and oxygen atoms in total. The molecule has 0 radical (unpaired) electrons. The van der Waals surface area contributed by atoms with E-state index in [1.54, 1.807) is 96.2 Å². The van der Waals surface area contributed by atoms with Crippen LogP contribution >= 0.6 is 239 Å². The van der Waals surface area contributed by atoms with Crippen molar-refractivity contribution in [3.63, 3.8) is 0 Å². The monoisotopic (exact) mass is 2030 g/mol. The maximum absolute atomic E-state index is 4.89. The van der Waals surface area contributed by atoms with Crippen LogP contribution in [-0.2, 0) is 36.8 Å². The van der Waals surface area contributed by atoms with Crippen LogP contribution in [-0.4, -0.2) is 0 Å². The Morgan fingerprint density at radius 1 is 0.300 bits per heavy atom. The number of thiophene rings is 10. The molecule has 0 spiro atoms. The van der Waals surface area contributed by atoms with E-state index in [1.165, 1.54) is 320 Å². The minimum absolute atomic E-state index is 1.14. The Bertz CT molecular complexity index is 3410. The van der Waals surface area contributed by atoms with E-state index in [4.69, 9.17) is 30.3 Å². The van der Waals surface area contributed by atoms with Crippen molar-refractivity contribution in [3.8, 4) is 0 Å². The number of hydrogen-bond acceptors (Lipinski definition) is 10. The van der Waals surface area contributed by atoms with Crippen LogP contribution in [0.15, 0.2) is 69.9 Å². The number of hydrogen-bond donors (Lipinski definition) is 0. The maximum atomic E-state index is 4.89. The normalized spacial score (nSPS) is 11.5. The molecule has 0 aromatic carbocycles. The summed E-state index contributed by atoms with van der Waals surface area (Å²) in [6.45, 7) is 14.0. The Balaban J connectivity index is 0.000000245. The second kappa shape index (κ2) is 57.6. The van der Waals surface area contributed by atoms with Crippen LogP contribution in [0, 0.1) is 13.8 Å². The van der Waals surface area contributed by atoms with Crippen molar-refractivity contribution in [2.75, 3.05) is 0 Å². The smallest absolute Gasteiger partial charge is 0.0864 e. The summed E-state index contributed by atoms with van der Waals surface area (Å²) in [6, 6.07) is 4.30. The molecule has 10 heterocycles. The molecule has 0 amide bonds. The predicted molar refractivity (Wildman–Crippen MR) is 494 cm³/mol. The summed E-state index contributed by atoms with van der Waals surface area (Å²) in [6.07, 6.45) is 62.5. The van der Waals surface area contributed by atoms with Crippen LogP contribution in [0.4, 0.5) is 0 Å². The zero-order chi connectivity index (χ0) is 72.1. The van der Waals surface area contributed by atoms with Crippen molar-refractivity contribution in [2.24, 2.45) is 0 Å². The molecule has 100 heavy (non-hydrogen) atoms. The average molecular weight is 2040 g/mol. The molecule has 0 unspecified atom stereocenters. The molecule has 0 atom stereocenters. The van der Waals surface area contributed by atoms with Crippen molar-refractivity contribution in [1.29, 1.82) is 0 Å².